The number of aromatic carboxylic acids is 1. The van der Waals surface area contributed by atoms with Gasteiger partial charge in [0.05, 0.1) is 18.4 Å². The summed E-state index contributed by atoms with van der Waals surface area (Å²) >= 11 is 1.12. The van der Waals surface area contributed by atoms with Crippen LogP contribution in [0, 0.1) is 0 Å². The van der Waals surface area contributed by atoms with Gasteiger partial charge in [-0.15, -0.1) is 0 Å². The number of aryl methyl sites for hydroxylation is 1. The molecule has 0 aliphatic heterocycles. The van der Waals surface area contributed by atoms with Crippen molar-refractivity contribution in [2.75, 3.05) is 5.32 Å². The molecule has 0 spiro atoms. The first-order valence-electron chi connectivity index (χ1n) is 5.56. The Bertz CT molecular complexity index is 554. The fourth-order valence-electron chi connectivity index (χ4n) is 1.57. The molecule has 0 aliphatic rings. The van der Waals surface area contributed by atoms with Crippen LogP contribution in [0.2, 0.25) is 0 Å². The number of carboxylic acid groups (broad SMARTS) is 1. The molecule has 2 heterocycles. The minimum atomic E-state index is -0.951. The zero-order chi connectivity index (χ0) is 13.0. The first-order chi connectivity index (χ1) is 8.70. The lowest BCUT2D eigenvalue weighted by Gasteiger charge is -2.06. The largest absolute Gasteiger partial charge is 0.477 e. The topological polar surface area (TPSA) is 75.1 Å². The van der Waals surface area contributed by atoms with E-state index in [9.17, 15) is 4.79 Å². The number of carbonyl (C=O) groups is 1. The highest BCUT2D eigenvalue weighted by Crippen LogP contribution is 2.19. The summed E-state index contributed by atoms with van der Waals surface area (Å²) in [5, 5.41) is 12.5. The molecular formula is C12H13N3O2S. The van der Waals surface area contributed by atoms with Gasteiger partial charge in [0.1, 0.15) is 4.88 Å². The second kappa shape index (κ2) is 5.59. The zero-order valence-electron chi connectivity index (χ0n) is 9.88. The molecule has 0 fully saturated rings. The molecule has 18 heavy (non-hydrogen) atoms. The summed E-state index contributed by atoms with van der Waals surface area (Å²) in [6.45, 7) is 2.63. The van der Waals surface area contributed by atoms with Gasteiger partial charge in [-0.2, -0.15) is 0 Å². The summed E-state index contributed by atoms with van der Waals surface area (Å²) in [7, 11) is 0. The molecular weight excluding hydrogens is 250 g/mol. The molecule has 2 N–H and O–H groups in total. The molecule has 0 saturated heterocycles. The van der Waals surface area contributed by atoms with Crippen molar-refractivity contribution in [2.45, 2.75) is 19.9 Å². The van der Waals surface area contributed by atoms with E-state index in [0.29, 0.717) is 11.7 Å². The first-order valence-corrected chi connectivity index (χ1v) is 6.38. The highest BCUT2D eigenvalue weighted by Gasteiger charge is 2.08. The minimum Gasteiger partial charge on any atom is -0.477 e. The Morgan fingerprint density at radius 3 is 3.00 bits per heavy atom. The highest BCUT2D eigenvalue weighted by atomic mass is 32.1. The summed E-state index contributed by atoms with van der Waals surface area (Å²) in [5.74, 6) is -0.951. The van der Waals surface area contributed by atoms with Crippen molar-refractivity contribution in [3.63, 3.8) is 0 Å². The lowest BCUT2D eigenvalue weighted by atomic mass is 10.1. The minimum absolute atomic E-state index is 0.231. The predicted octanol–water partition coefficient (Wildman–Crippen LogP) is 2.41. The SMILES string of the molecule is CCc1cccnc1CNc1ncc(C(=O)O)s1. The molecule has 2 aromatic rings. The number of anilines is 1. The molecule has 2 rings (SSSR count). The summed E-state index contributed by atoms with van der Waals surface area (Å²) in [5.41, 5.74) is 2.15. The number of nitrogens with zero attached hydrogens (tertiary/aromatic N) is 2. The normalized spacial score (nSPS) is 10.3. The smallest absolute Gasteiger partial charge is 0.347 e. The Labute approximate surface area is 109 Å². The van der Waals surface area contributed by atoms with Crippen molar-refractivity contribution in [2.24, 2.45) is 0 Å². The summed E-state index contributed by atoms with van der Waals surface area (Å²) < 4.78 is 0. The third kappa shape index (κ3) is 2.84. The summed E-state index contributed by atoms with van der Waals surface area (Å²) in [6.07, 6.45) is 4.03. The van der Waals surface area contributed by atoms with Crippen molar-refractivity contribution in [3.8, 4) is 0 Å². The Balaban J connectivity index is 2.04. The van der Waals surface area contributed by atoms with Crippen LogP contribution in [0.5, 0.6) is 0 Å². The number of aromatic nitrogens is 2. The van der Waals surface area contributed by atoms with Gasteiger partial charge in [-0.05, 0) is 18.1 Å². The van der Waals surface area contributed by atoms with Crippen LogP contribution in [0.25, 0.3) is 0 Å². The standard InChI is InChI=1S/C12H13N3O2S/c1-2-8-4-3-5-13-9(8)6-14-12-15-7-10(18-12)11(16)17/h3-5,7H,2,6H2,1H3,(H,14,15)(H,16,17). The van der Waals surface area contributed by atoms with Crippen molar-refractivity contribution in [1.82, 2.24) is 9.97 Å². The monoisotopic (exact) mass is 263 g/mol. The number of pyridine rings is 1. The van der Waals surface area contributed by atoms with Crippen LogP contribution >= 0.6 is 11.3 Å². The summed E-state index contributed by atoms with van der Waals surface area (Å²) in [4.78, 5) is 19.3. The maximum atomic E-state index is 10.7. The van der Waals surface area contributed by atoms with Crippen LogP contribution in [0.15, 0.2) is 24.5 Å². The average molecular weight is 263 g/mol. The van der Waals surface area contributed by atoms with Gasteiger partial charge < -0.3 is 10.4 Å². The van der Waals surface area contributed by atoms with E-state index in [1.807, 2.05) is 12.1 Å². The van der Waals surface area contributed by atoms with Crippen molar-refractivity contribution < 1.29 is 9.90 Å². The van der Waals surface area contributed by atoms with E-state index in [4.69, 9.17) is 5.11 Å². The number of rotatable bonds is 5. The third-order valence-corrected chi connectivity index (χ3v) is 3.43. The van der Waals surface area contributed by atoms with Crippen molar-refractivity contribution in [1.29, 1.82) is 0 Å². The van der Waals surface area contributed by atoms with Gasteiger partial charge in [-0.1, -0.05) is 24.3 Å². The number of thiazole rings is 1. The average Bonchev–Trinajstić information content (AvgIpc) is 2.85. The van der Waals surface area contributed by atoms with Gasteiger partial charge in [-0.25, -0.2) is 9.78 Å². The molecule has 2 aromatic heterocycles. The Morgan fingerprint density at radius 2 is 2.33 bits per heavy atom. The lowest BCUT2D eigenvalue weighted by molar-refractivity contribution is 0.0702. The van der Waals surface area contributed by atoms with E-state index in [-0.39, 0.29) is 4.88 Å². The second-order valence-electron chi connectivity index (χ2n) is 3.65. The van der Waals surface area contributed by atoms with Crippen LogP contribution in [0.3, 0.4) is 0 Å². The Morgan fingerprint density at radius 1 is 1.50 bits per heavy atom. The van der Waals surface area contributed by atoms with E-state index in [2.05, 4.69) is 22.2 Å². The maximum Gasteiger partial charge on any atom is 0.347 e. The van der Waals surface area contributed by atoms with Crippen LogP contribution < -0.4 is 5.32 Å². The van der Waals surface area contributed by atoms with Gasteiger partial charge in [-0.3, -0.25) is 4.98 Å². The quantitative estimate of drug-likeness (QED) is 0.866. The number of carboxylic acids is 1. The van der Waals surface area contributed by atoms with E-state index >= 15 is 0 Å². The van der Waals surface area contributed by atoms with Crippen LogP contribution in [0.4, 0.5) is 5.13 Å². The number of hydrogen-bond donors (Lipinski definition) is 2. The van der Waals surface area contributed by atoms with Crippen molar-refractivity contribution in [3.05, 3.63) is 40.7 Å². The predicted molar refractivity (Wildman–Crippen MR) is 70.0 cm³/mol. The molecule has 0 radical (unpaired) electrons. The zero-order valence-corrected chi connectivity index (χ0v) is 10.7. The lowest BCUT2D eigenvalue weighted by Crippen LogP contribution is -2.04. The van der Waals surface area contributed by atoms with E-state index < -0.39 is 5.97 Å². The maximum absolute atomic E-state index is 10.7. The fraction of sp³-hybridized carbons (Fsp3) is 0.250. The third-order valence-electron chi connectivity index (χ3n) is 2.49. The molecule has 0 bridgehead atoms. The van der Waals surface area contributed by atoms with E-state index in [1.54, 1.807) is 6.20 Å². The first kappa shape index (κ1) is 12.5. The van der Waals surface area contributed by atoms with Gasteiger partial charge in [0, 0.05) is 6.20 Å². The van der Waals surface area contributed by atoms with Gasteiger partial charge in [0.15, 0.2) is 5.13 Å². The Kier molecular flexibility index (Phi) is 3.88. The molecule has 94 valence electrons. The second-order valence-corrected chi connectivity index (χ2v) is 4.68. The molecule has 0 unspecified atom stereocenters. The molecule has 0 amide bonds. The van der Waals surface area contributed by atoms with Crippen LogP contribution in [0.1, 0.15) is 27.9 Å². The molecule has 5 nitrogen and oxygen atoms in total. The molecule has 0 atom stereocenters. The molecule has 6 heteroatoms. The molecule has 0 saturated carbocycles. The molecule has 0 aliphatic carbocycles. The highest BCUT2D eigenvalue weighted by molar-refractivity contribution is 7.17. The van der Waals surface area contributed by atoms with E-state index in [0.717, 1.165) is 23.5 Å². The Hall–Kier alpha value is -1.95. The summed E-state index contributed by atoms with van der Waals surface area (Å²) in [6, 6.07) is 3.95. The van der Waals surface area contributed by atoms with Crippen LogP contribution in [-0.2, 0) is 13.0 Å². The van der Waals surface area contributed by atoms with Crippen LogP contribution in [-0.4, -0.2) is 21.0 Å². The number of hydrogen-bond acceptors (Lipinski definition) is 5. The van der Waals surface area contributed by atoms with Crippen molar-refractivity contribution >= 4 is 22.4 Å². The van der Waals surface area contributed by atoms with Gasteiger partial charge >= 0.3 is 5.97 Å². The number of nitrogens with one attached hydrogen (secondary N) is 1. The molecule has 0 aromatic carbocycles. The van der Waals surface area contributed by atoms with E-state index in [1.165, 1.54) is 11.8 Å². The fourth-order valence-corrected chi connectivity index (χ4v) is 2.22. The van der Waals surface area contributed by atoms with Gasteiger partial charge in [0.2, 0.25) is 0 Å². The van der Waals surface area contributed by atoms with Gasteiger partial charge in [0.25, 0.3) is 0 Å².